The van der Waals surface area contributed by atoms with Crippen LogP contribution >= 0.6 is 11.6 Å². The van der Waals surface area contributed by atoms with Crippen molar-refractivity contribution in [3.63, 3.8) is 0 Å². The van der Waals surface area contributed by atoms with Crippen LogP contribution in [0.4, 0.5) is 8.78 Å². The number of aliphatic hydroxyl groups is 1. The molecule has 0 aliphatic heterocycles. The lowest BCUT2D eigenvalue weighted by Gasteiger charge is -2.10. The fourth-order valence-electron chi connectivity index (χ4n) is 1.12. The van der Waals surface area contributed by atoms with Gasteiger partial charge in [0.05, 0.1) is 23.6 Å². The molecule has 3 nitrogen and oxygen atoms in total. The highest BCUT2D eigenvalue weighted by Crippen LogP contribution is 2.29. The number of aliphatic hydroxyl groups excluding tert-OH is 1. The maximum atomic E-state index is 11.9. The third-order valence-corrected chi connectivity index (χ3v) is 2.14. The van der Waals surface area contributed by atoms with Crippen LogP contribution in [0.3, 0.4) is 0 Å². The predicted octanol–water partition coefficient (Wildman–Crippen LogP) is 2.89. The van der Waals surface area contributed by atoms with Crippen molar-refractivity contribution in [2.24, 2.45) is 0 Å². The summed E-state index contributed by atoms with van der Waals surface area (Å²) in [4.78, 5) is 0. The Morgan fingerprint density at radius 3 is 2.69 bits per heavy atom. The van der Waals surface area contributed by atoms with Crippen LogP contribution in [0, 0.1) is 11.3 Å². The Bertz CT molecular complexity index is 406. The molecule has 0 bridgehead atoms. The van der Waals surface area contributed by atoms with Crippen molar-refractivity contribution < 1.29 is 18.6 Å². The van der Waals surface area contributed by atoms with Gasteiger partial charge in [0.25, 0.3) is 0 Å². The summed E-state index contributed by atoms with van der Waals surface area (Å²) >= 11 is 5.67. The first-order chi connectivity index (χ1) is 7.54. The van der Waals surface area contributed by atoms with Crippen LogP contribution in [0.15, 0.2) is 18.2 Å². The molecule has 0 saturated carbocycles. The van der Waals surface area contributed by atoms with Gasteiger partial charge < -0.3 is 9.84 Å². The minimum absolute atomic E-state index is 0.0326. The molecule has 0 fully saturated rings. The van der Waals surface area contributed by atoms with Gasteiger partial charge in [-0.2, -0.15) is 14.0 Å². The van der Waals surface area contributed by atoms with Crippen LogP contribution in [0.2, 0.25) is 5.02 Å². The van der Waals surface area contributed by atoms with Crippen LogP contribution in [0.1, 0.15) is 18.1 Å². The van der Waals surface area contributed by atoms with E-state index < -0.39 is 12.7 Å². The summed E-state index contributed by atoms with van der Waals surface area (Å²) < 4.78 is 27.9. The Morgan fingerprint density at radius 1 is 1.50 bits per heavy atom. The van der Waals surface area contributed by atoms with Crippen LogP contribution in [0.25, 0.3) is 0 Å². The maximum absolute atomic E-state index is 11.9. The first-order valence-corrected chi connectivity index (χ1v) is 4.71. The zero-order valence-corrected chi connectivity index (χ0v) is 8.79. The van der Waals surface area contributed by atoms with Crippen LogP contribution < -0.4 is 4.74 Å². The van der Waals surface area contributed by atoms with Crippen molar-refractivity contribution >= 4 is 11.6 Å². The molecule has 0 aliphatic rings. The molecular weight excluding hydrogens is 240 g/mol. The van der Waals surface area contributed by atoms with Gasteiger partial charge >= 0.3 is 6.61 Å². The fourth-order valence-corrected chi connectivity index (χ4v) is 1.35. The van der Waals surface area contributed by atoms with E-state index >= 15 is 0 Å². The first kappa shape index (κ1) is 12.7. The minimum atomic E-state index is -2.95. The number of nitrogens with zero attached hydrogens (tertiary/aromatic N) is 1. The van der Waals surface area contributed by atoms with Gasteiger partial charge in [0.15, 0.2) is 0 Å². The van der Waals surface area contributed by atoms with Gasteiger partial charge in [0.1, 0.15) is 5.75 Å². The molecule has 1 N–H and O–H groups in total. The van der Waals surface area contributed by atoms with Crippen molar-refractivity contribution in [3.8, 4) is 11.8 Å². The highest BCUT2D eigenvalue weighted by molar-refractivity contribution is 6.32. The number of rotatable bonds is 4. The highest BCUT2D eigenvalue weighted by atomic mass is 35.5. The number of nitriles is 1. The SMILES string of the molecule is N#CCC(O)c1ccc(OC(F)F)c(Cl)c1. The van der Waals surface area contributed by atoms with Gasteiger partial charge in [0.2, 0.25) is 0 Å². The van der Waals surface area contributed by atoms with Crippen molar-refractivity contribution in [2.75, 3.05) is 0 Å². The molecule has 0 aromatic heterocycles. The lowest BCUT2D eigenvalue weighted by molar-refractivity contribution is -0.0498. The third-order valence-electron chi connectivity index (χ3n) is 1.84. The molecule has 0 heterocycles. The summed E-state index contributed by atoms with van der Waals surface area (Å²) in [5, 5.41) is 17.8. The van der Waals surface area contributed by atoms with E-state index in [0.717, 1.165) is 0 Å². The summed E-state index contributed by atoms with van der Waals surface area (Å²) in [5.74, 6) is -0.162. The second-order valence-electron chi connectivity index (χ2n) is 2.95. The standard InChI is InChI=1S/C10H8ClF2NO2/c11-7-5-6(8(15)3-4-14)1-2-9(7)16-10(12)13/h1-2,5,8,10,15H,3H2. The van der Waals surface area contributed by atoms with Crippen molar-refractivity contribution in [3.05, 3.63) is 28.8 Å². The van der Waals surface area contributed by atoms with E-state index in [1.165, 1.54) is 18.2 Å². The van der Waals surface area contributed by atoms with Crippen LogP contribution in [-0.4, -0.2) is 11.7 Å². The van der Waals surface area contributed by atoms with Gasteiger partial charge in [-0.15, -0.1) is 0 Å². The molecule has 1 aromatic rings. The fraction of sp³-hybridized carbons (Fsp3) is 0.300. The van der Waals surface area contributed by atoms with Gasteiger partial charge in [0, 0.05) is 0 Å². The molecule has 0 aliphatic carbocycles. The number of alkyl halides is 2. The number of hydrogen-bond acceptors (Lipinski definition) is 3. The van der Waals surface area contributed by atoms with Gasteiger partial charge in [-0.25, -0.2) is 0 Å². The van der Waals surface area contributed by atoms with E-state index in [4.69, 9.17) is 16.9 Å². The number of ether oxygens (including phenoxy) is 1. The minimum Gasteiger partial charge on any atom is -0.433 e. The second-order valence-corrected chi connectivity index (χ2v) is 3.35. The van der Waals surface area contributed by atoms with E-state index in [0.29, 0.717) is 5.56 Å². The molecule has 0 saturated heterocycles. The largest absolute Gasteiger partial charge is 0.433 e. The quantitative estimate of drug-likeness (QED) is 0.890. The lowest BCUT2D eigenvalue weighted by atomic mass is 10.1. The molecule has 1 unspecified atom stereocenters. The van der Waals surface area contributed by atoms with E-state index in [2.05, 4.69) is 4.74 Å². The Hall–Kier alpha value is -1.38. The number of hydrogen-bond donors (Lipinski definition) is 1. The molecule has 1 atom stereocenters. The third kappa shape index (κ3) is 3.33. The van der Waals surface area contributed by atoms with Crippen molar-refractivity contribution in [1.82, 2.24) is 0 Å². The van der Waals surface area contributed by atoms with Gasteiger partial charge in [-0.3, -0.25) is 0 Å². The van der Waals surface area contributed by atoms with Crippen LogP contribution in [-0.2, 0) is 0 Å². The summed E-state index contributed by atoms with van der Waals surface area (Å²) in [6, 6.07) is 5.69. The topological polar surface area (TPSA) is 53.2 Å². The van der Waals surface area contributed by atoms with E-state index in [9.17, 15) is 13.9 Å². The molecule has 0 radical (unpaired) electrons. The highest BCUT2D eigenvalue weighted by Gasteiger charge is 2.12. The summed E-state index contributed by atoms with van der Waals surface area (Å²) in [7, 11) is 0. The van der Waals surface area contributed by atoms with E-state index in [1.807, 2.05) is 0 Å². The smallest absolute Gasteiger partial charge is 0.387 e. The van der Waals surface area contributed by atoms with Crippen molar-refractivity contribution in [2.45, 2.75) is 19.1 Å². The molecule has 1 aromatic carbocycles. The Morgan fingerprint density at radius 2 is 2.19 bits per heavy atom. The Balaban J connectivity index is 2.87. The maximum Gasteiger partial charge on any atom is 0.387 e. The molecule has 86 valence electrons. The summed E-state index contributed by atoms with van der Waals surface area (Å²) in [6.07, 6.45) is -1.08. The van der Waals surface area contributed by atoms with Gasteiger partial charge in [-0.1, -0.05) is 17.7 Å². The zero-order valence-electron chi connectivity index (χ0n) is 8.03. The molecule has 16 heavy (non-hydrogen) atoms. The van der Waals surface area contributed by atoms with Gasteiger partial charge in [-0.05, 0) is 17.7 Å². The Labute approximate surface area is 95.8 Å². The lowest BCUT2D eigenvalue weighted by Crippen LogP contribution is -2.03. The average molecular weight is 248 g/mol. The summed E-state index contributed by atoms with van der Waals surface area (Å²) in [6.45, 7) is -2.95. The van der Waals surface area contributed by atoms with Crippen LogP contribution in [0.5, 0.6) is 5.75 Å². The monoisotopic (exact) mass is 247 g/mol. The first-order valence-electron chi connectivity index (χ1n) is 4.34. The zero-order chi connectivity index (χ0) is 12.1. The Kier molecular flexibility index (Phi) is 4.47. The molecule has 0 spiro atoms. The second kappa shape index (κ2) is 5.64. The number of benzene rings is 1. The van der Waals surface area contributed by atoms with E-state index in [-0.39, 0.29) is 17.2 Å². The number of halogens is 3. The molecular formula is C10H8ClF2NO2. The summed E-state index contributed by atoms with van der Waals surface area (Å²) in [5.41, 5.74) is 0.383. The molecule has 6 heteroatoms. The molecule has 1 rings (SSSR count). The normalized spacial score (nSPS) is 12.2. The van der Waals surface area contributed by atoms with E-state index in [1.54, 1.807) is 6.07 Å². The average Bonchev–Trinajstić information content (AvgIpc) is 2.20. The predicted molar refractivity (Wildman–Crippen MR) is 53.3 cm³/mol. The van der Waals surface area contributed by atoms with Crippen molar-refractivity contribution in [1.29, 1.82) is 5.26 Å². The molecule has 0 amide bonds.